The summed E-state index contributed by atoms with van der Waals surface area (Å²) < 4.78 is 5.23. The number of carbonyl (C=O) groups excluding carboxylic acids is 2. The summed E-state index contributed by atoms with van der Waals surface area (Å²) in [6.45, 7) is 5.88. The van der Waals surface area contributed by atoms with Crippen molar-refractivity contribution in [3.63, 3.8) is 0 Å². The van der Waals surface area contributed by atoms with Crippen LogP contribution in [0.25, 0.3) is 22.2 Å². The van der Waals surface area contributed by atoms with Gasteiger partial charge in [0.2, 0.25) is 0 Å². The second-order valence-electron chi connectivity index (χ2n) is 7.22. The molecule has 0 saturated carbocycles. The van der Waals surface area contributed by atoms with Gasteiger partial charge in [0, 0.05) is 16.6 Å². The van der Waals surface area contributed by atoms with Gasteiger partial charge >= 0.3 is 0 Å². The minimum absolute atomic E-state index is 0.126. The summed E-state index contributed by atoms with van der Waals surface area (Å²) in [5.41, 5.74) is 9.05. The normalized spacial score (nSPS) is 11.2. The number of primary amides is 1. The lowest BCUT2D eigenvalue weighted by molar-refractivity contribution is 0.100. The lowest BCUT2D eigenvalue weighted by atomic mass is 10.0. The Hall–Kier alpha value is -3.52. The molecule has 3 aromatic heterocycles. The number of hydrogen-bond acceptors (Lipinski definition) is 6. The highest BCUT2D eigenvalue weighted by atomic mass is 32.1. The summed E-state index contributed by atoms with van der Waals surface area (Å²) in [5, 5.41) is 7.98. The highest BCUT2D eigenvalue weighted by Crippen LogP contribution is 2.39. The summed E-state index contributed by atoms with van der Waals surface area (Å²) in [6, 6.07) is 11.2. The number of fused-ring (bicyclic) bond motifs is 1. The van der Waals surface area contributed by atoms with Crippen molar-refractivity contribution in [2.75, 3.05) is 5.32 Å². The van der Waals surface area contributed by atoms with E-state index in [4.69, 9.17) is 10.3 Å². The van der Waals surface area contributed by atoms with Crippen LogP contribution in [0, 0.1) is 6.92 Å². The van der Waals surface area contributed by atoms with Crippen LogP contribution in [0.15, 0.2) is 47.1 Å². The average Bonchev–Trinajstić information content (AvgIpc) is 3.28. The van der Waals surface area contributed by atoms with Crippen LogP contribution in [0.1, 0.15) is 51.1 Å². The molecular weight excluding hydrogens is 400 g/mol. The molecule has 0 aliphatic heterocycles. The Kier molecular flexibility index (Phi) is 5.09. The molecule has 0 aliphatic carbocycles. The third kappa shape index (κ3) is 3.46. The molecule has 30 heavy (non-hydrogen) atoms. The molecule has 0 saturated heterocycles. The molecule has 0 spiro atoms. The molecule has 0 aliphatic rings. The van der Waals surface area contributed by atoms with Gasteiger partial charge in [-0.15, -0.1) is 11.3 Å². The highest BCUT2D eigenvalue weighted by molar-refractivity contribution is 7.17. The van der Waals surface area contributed by atoms with Crippen LogP contribution in [0.4, 0.5) is 5.00 Å². The Balaban J connectivity index is 1.73. The number of nitrogens with two attached hydrogens (primary N) is 1. The van der Waals surface area contributed by atoms with Crippen molar-refractivity contribution in [3.05, 3.63) is 64.3 Å². The molecule has 4 aromatic rings. The van der Waals surface area contributed by atoms with Gasteiger partial charge in [0.05, 0.1) is 22.2 Å². The van der Waals surface area contributed by atoms with Crippen molar-refractivity contribution < 1.29 is 14.1 Å². The Morgan fingerprint density at radius 1 is 1.20 bits per heavy atom. The maximum absolute atomic E-state index is 12.9. The number of pyridine rings is 1. The molecular formula is C22H20N4O3S. The zero-order valence-electron chi connectivity index (χ0n) is 16.7. The zero-order valence-corrected chi connectivity index (χ0v) is 17.5. The van der Waals surface area contributed by atoms with Crippen molar-refractivity contribution >= 4 is 39.3 Å². The molecule has 8 heteroatoms. The lowest BCUT2D eigenvalue weighted by Crippen LogP contribution is -2.17. The van der Waals surface area contributed by atoms with Gasteiger partial charge in [-0.25, -0.2) is 4.98 Å². The monoisotopic (exact) mass is 420 g/mol. The topological polar surface area (TPSA) is 111 Å². The number of anilines is 1. The van der Waals surface area contributed by atoms with E-state index in [1.165, 1.54) is 17.5 Å². The lowest BCUT2D eigenvalue weighted by Gasteiger charge is -2.07. The van der Waals surface area contributed by atoms with E-state index in [0.29, 0.717) is 27.2 Å². The van der Waals surface area contributed by atoms with E-state index in [0.717, 1.165) is 21.7 Å². The van der Waals surface area contributed by atoms with E-state index >= 15 is 0 Å². The first kappa shape index (κ1) is 19.8. The number of aryl methyl sites for hydroxylation is 1. The van der Waals surface area contributed by atoms with Gasteiger partial charge in [0.15, 0.2) is 0 Å². The molecule has 0 unspecified atom stereocenters. The zero-order chi connectivity index (χ0) is 21.4. The number of thiophene rings is 1. The second kappa shape index (κ2) is 7.72. The number of amides is 2. The van der Waals surface area contributed by atoms with Gasteiger partial charge in [0.25, 0.3) is 17.5 Å². The van der Waals surface area contributed by atoms with Crippen molar-refractivity contribution in [1.29, 1.82) is 0 Å². The summed E-state index contributed by atoms with van der Waals surface area (Å²) in [5.74, 6) is -0.854. The predicted molar refractivity (Wildman–Crippen MR) is 117 cm³/mol. The predicted octanol–water partition coefficient (Wildman–Crippen LogP) is 4.73. The van der Waals surface area contributed by atoms with E-state index in [2.05, 4.69) is 15.5 Å². The first-order chi connectivity index (χ1) is 14.4. The van der Waals surface area contributed by atoms with E-state index in [-0.39, 0.29) is 11.8 Å². The summed E-state index contributed by atoms with van der Waals surface area (Å²) in [4.78, 5) is 30.3. The van der Waals surface area contributed by atoms with Crippen LogP contribution >= 0.6 is 11.3 Å². The molecule has 1 aromatic carbocycles. The highest BCUT2D eigenvalue weighted by Gasteiger charge is 2.23. The van der Waals surface area contributed by atoms with E-state index < -0.39 is 5.91 Å². The first-order valence-electron chi connectivity index (χ1n) is 9.42. The van der Waals surface area contributed by atoms with Gasteiger partial charge in [-0.1, -0.05) is 49.3 Å². The largest absolute Gasteiger partial charge is 0.365 e. The molecule has 0 radical (unpaired) electrons. The fourth-order valence-electron chi connectivity index (χ4n) is 3.39. The number of benzene rings is 1. The van der Waals surface area contributed by atoms with Crippen molar-refractivity contribution in [2.45, 2.75) is 26.7 Å². The van der Waals surface area contributed by atoms with Gasteiger partial charge in [-0.2, -0.15) is 0 Å². The number of carbonyl (C=O) groups is 2. The quantitative estimate of drug-likeness (QED) is 0.485. The van der Waals surface area contributed by atoms with Crippen LogP contribution in [-0.4, -0.2) is 22.0 Å². The molecule has 0 atom stereocenters. The average molecular weight is 420 g/mol. The van der Waals surface area contributed by atoms with Gasteiger partial charge in [0.1, 0.15) is 5.00 Å². The number of aromatic nitrogens is 2. The third-order valence-corrected chi connectivity index (χ3v) is 5.81. The Morgan fingerprint density at radius 2 is 1.93 bits per heavy atom. The van der Waals surface area contributed by atoms with Crippen molar-refractivity contribution in [3.8, 4) is 11.1 Å². The smallest absolute Gasteiger partial charge is 0.257 e. The summed E-state index contributed by atoms with van der Waals surface area (Å²) in [7, 11) is 0. The number of nitrogens with one attached hydrogen (secondary N) is 1. The minimum Gasteiger partial charge on any atom is -0.365 e. The second-order valence-corrected chi connectivity index (χ2v) is 8.45. The van der Waals surface area contributed by atoms with E-state index in [1.807, 2.05) is 51.1 Å². The van der Waals surface area contributed by atoms with Crippen LogP contribution in [0.3, 0.4) is 0 Å². The minimum atomic E-state index is -0.594. The summed E-state index contributed by atoms with van der Waals surface area (Å²) >= 11 is 1.32. The molecule has 4 rings (SSSR count). The summed E-state index contributed by atoms with van der Waals surface area (Å²) in [6.07, 6.45) is 1.43. The Morgan fingerprint density at radius 3 is 2.60 bits per heavy atom. The Bertz CT molecular complexity index is 1260. The molecule has 2 amide bonds. The Labute approximate surface area is 176 Å². The molecule has 152 valence electrons. The van der Waals surface area contributed by atoms with Crippen molar-refractivity contribution in [1.82, 2.24) is 10.1 Å². The third-order valence-electron chi connectivity index (χ3n) is 4.79. The van der Waals surface area contributed by atoms with Gasteiger partial charge < -0.3 is 15.6 Å². The number of hydrogen-bond donors (Lipinski definition) is 2. The van der Waals surface area contributed by atoms with Crippen LogP contribution in [0.2, 0.25) is 0 Å². The van der Waals surface area contributed by atoms with Gasteiger partial charge in [-0.05, 0) is 24.5 Å². The number of rotatable bonds is 5. The van der Waals surface area contributed by atoms with Crippen LogP contribution in [-0.2, 0) is 0 Å². The molecule has 7 nitrogen and oxygen atoms in total. The maximum Gasteiger partial charge on any atom is 0.257 e. The number of nitrogens with zero attached hydrogens (tertiary/aromatic N) is 2. The molecule has 3 heterocycles. The maximum atomic E-state index is 12.9. The van der Waals surface area contributed by atoms with E-state index in [9.17, 15) is 9.59 Å². The van der Waals surface area contributed by atoms with Crippen LogP contribution in [0.5, 0.6) is 0 Å². The SMILES string of the molecule is Cc1sc(NC(=O)c2cnc3onc(C(C)C)c3c2)c(C(N)=O)c1-c1ccccc1. The van der Waals surface area contributed by atoms with E-state index in [1.54, 1.807) is 6.07 Å². The fourth-order valence-corrected chi connectivity index (χ4v) is 4.46. The standard InChI is InChI=1S/C22H20N4O3S/c1-11(2)18-15-9-14(10-24-21(15)29-26-18)20(28)25-22-17(19(23)27)16(12(3)30-22)13-7-5-4-6-8-13/h4-11H,1-3H3,(H2,23,27)(H,25,28). The van der Waals surface area contributed by atoms with Gasteiger partial charge in [-0.3, -0.25) is 9.59 Å². The molecule has 3 N–H and O–H groups in total. The van der Waals surface area contributed by atoms with Crippen LogP contribution < -0.4 is 11.1 Å². The first-order valence-corrected chi connectivity index (χ1v) is 10.2. The fraction of sp³-hybridized carbons (Fsp3) is 0.182. The van der Waals surface area contributed by atoms with Crippen molar-refractivity contribution in [2.24, 2.45) is 5.73 Å². The molecule has 0 fully saturated rings. The molecule has 0 bridgehead atoms.